The van der Waals surface area contributed by atoms with Gasteiger partial charge in [-0.2, -0.15) is 0 Å². The van der Waals surface area contributed by atoms with Gasteiger partial charge in [-0.1, -0.05) is 0 Å². The number of aromatic carboxylic acids is 1. The molecule has 1 aliphatic heterocycles. The summed E-state index contributed by atoms with van der Waals surface area (Å²) in [5.41, 5.74) is 0.263. The predicted molar refractivity (Wildman–Crippen MR) is 63.2 cm³/mol. The fraction of sp³-hybridized carbons (Fsp3) is 0.500. The van der Waals surface area contributed by atoms with Crippen molar-refractivity contribution in [1.82, 2.24) is 4.98 Å². The van der Waals surface area contributed by atoms with Crippen molar-refractivity contribution in [3.05, 3.63) is 23.9 Å². The first-order valence-corrected chi connectivity index (χ1v) is 5.76. The Morgan fingerprint density at radius 2 is 2.18 bits per heavy atom. The van der Waals surface area contributed by atoms with Gasteiger partial charge >= 0.3 is 5.97 Å². The minimum Gasteiger partial charge on any atom is -0.478 e. The Bertz CT molecular complexity index is 400. The first-order chi connectivity index (χ1) is 8.20. The fourth-order valence-electron chi connectivity index (χ4n) is 2.07. The van der Waals surface area contributed by atoms with E-state index < -0.39 is 5.97 Å². The van der Waals surface area contributed by atoms with Gasteiger partial charge < -0.3 is 15.1 Å². The molecule has 5 heteroatoms. The van der Waals surface area contributed by atoms with Crippen LogP contribution in [0.3, 0.4) is 0 Å². The topological polar surface area (TPSA) is 73.7 Å². The third kappa shape index (κ3) is 2.74. The third-order valence-electron chi connectivity index (χ3n) is 3.19. The minimum absolute atomic E-state index is 0.233. The number of aromatic nitrogens is 1. The van der Waals surface area contributed by atoms with Crippen LogP contribution in [0.25, 0.3) is 0 Å². The molecule has 0 saturated carbocycles. The smallest absolute Gasteiger partial charge is 0.335 e. The summed E-state index contributed by atoms with van der Waals surface area (Å²) >= 11 is 0. The van der Waals surface area contributed by atoms with Crippen molar-refractivity contribution in [2.24, 2.45) is 5.92 Å². The van der Waals surface area contributed by atoms with Crippen LogP contribution >= 0.6 is 0 Å². The first-order valence-electron chi connectivity index (χ1n) is 5.76. The van der Waals surface area contributed by atoms with E-state index in [1.807, 2.05) is 0 Å². The monoisotopic (exact) mass is 236 g/mol. The SMILES string of the molecule is O=C(O)c1ccnc(N2CCC(CO)CC2)c1. The summed E-state index contributed by atoms with van der Waals surface area (Å²) in [6, 6.07) is 3.09. The summed E-state index contributed by atoms with van der Waals surface area (Å²) in [5.74, 6) is 0.147. The van der Waals surface area contributed by atoms with Crippen LogP contribution < -0.4 is 4.90 Å². The zero-order valence-electron chi connectivity index (χ0n) is 9.54. The third-order valence-corrected chi connectivity index (χ3v) is 3.19. The zero-order valence-corrected chi connectivity index (χ0v) is 9.54. The summed E-state index contributed by atoms with van der Waals surface area (Å²) < 4.78 is 0. The number of nitrogens with zero attached hydrogens (tertiary/aromatic N) is 2. The van der Waals surface area contributed by atoms with E-state index >= 15 is 0 Å². The molecular formula is C12H16N2O3. The molecule has 0 bridgehead atoms. The molecule has 17 heavy (non-hydrogen) atoms. The molecule has 1 fully saturated rings. The van der Waals surface area contributed by atoms with Crippen molar-refractivity contribution in [3.8, 4) is 0 Å². The fourth-order valence-corrected chi connectivity index (χ4v) is 2.07. The van der Waals surface area contributed by atoms with E-state index in [4.69, 9.17) is 10.2 Å². The van der Waals surface area contributed by atoms with Gasteiger partial charge in [0.2, 0.25) is 0 Å². The molecule has 2 heterocycles. The lowest BCUT2D eigenvalue weighted by atomic mass is 9.98. The highest BCUT2D eigenvalue weighted by Gasteiger charge is 2.19. The molecule has 0 radical (unpaired) electrons. The molecule has 0 aliphatic carbocycles. The highest BCUT2D eigenvalue weighted by Crippen LogP contribution is 2.21. The van der Waals surface area contributed by atoms with Crippen molar-refractivity contribution < 1.29 is 15.0 Å². The van der Waals surface area contributed by atoms with Gasteiger partial charge in [-0.05, 0) is 30.9 Å². The average Bonchev–Trinajstić information content (AvgIpc) is 2.39. The molecule has 0 aromatic carbocycles. The Balaban J connectivity index is 2.08. The number of carbonyl (C=O) groups is 1. The van der Waals surface area contributed by atoms with Gasteiger partial charge in [-0.25, -0.2) is 9.78 Å². The number of carboxylic acids is 1. The molecule has 92 valence electrons. The van der Waals surface area contributed by atoms with Gasteiger partial charge in [0.25, 0.3) is 0 Å². The number of piperidine rings is 1. The Morgan fingerprint density at radius 3 is 2.76 bits per heavy atom. The Hall–Kier alpha value is -1.62. The summed E-state index contributed by atoms with van der Waals surface area (Å²) in [5, 5.41) is 18.0. The maximum atomic E-state index is 10.9. The normalized spacial score (nSPS) is 17.1. The van der Waals surface area contributed by atoms with Crippen molar-refractivity contribution in [2.45, 2.75) is 12.8 Å². The molecule has 1 aliphatic rings. The van der Waals surface area contributed by atoms with E-state index in [1.165, 1.54) is 12.3 Å². The van der Waals surface area contributed by atoms with E-state index in [0.29, 0.717) is 11.7 Å². The highest BCUT2D eigenvalue weighted by atomic mass is 16.4. The van der Waals surface area contributed by atoms with E-state index in [-0.39, 0.29) is 12.2 Å². The maximum Gasteiger partial charge on any atom is 0.335 e. The van der Waals surface area contributed by atoms with Gasteiger partial charge in [0.15, 0.2) is 0 Å². The summed E-state index contributed by atoms with van der Waals surface area (Å²) in [4.78, 5) is 17.1. The lowest BCUT2D eigenvalue weighted by Crippen LogP contribution is -2.35. The van der Waals surface area contributed by atoms with Crippen LogP contribution in [0.4, 0.5) is 5.82 Å². The molecule has 5 nitrogen and oxygen atoms in total. The second-order valence-corrected chi connectivity index (χ2v) is 4.32. The lowest BCUT2D eigenvalue weighted by Gasteiger charge is -2.32. The number of hydrogen-bond donors (Lipinski definition) is 2. The van der Waals surface area contributed by atoms with Gasteiger partial charge in [0.05, 0.1) is 5.56 Å². The molecule has 0 spiro atoms. The van der Waals surface area contributed by atoms with Gasteiger partial charge in [0, 0.05) is 25.9 Å². The van der Waals surface area contributed by atoms with E-state index in [9.17, 15) is 4.79 Å². The van der Waals surface area contributed by atoms with Crippen molar-refractivity contribution in [2.75, 3.05) is 24.6 Å². The van der Waals surface area contributed by atoms with Crippen LogP contribution in [0.15, 0.2) is 18.3 Å². The summed E-state index contributed by atoms with van der Waals surface area (Å²) in [6.07, 6.45) is 3.38. The molecule has 0 unspecified atom stereocenters. The number of aliphatic hydroxyl groups excluding tert-OH is 1. The largest absolute Gasteiger partial charge is 0.478 e. The highest BCUT2D eigenvalue weighted by molar-refractivity contribution is 5.88. The quantitative estimate of drug-likeness (QED) is 0.818. The van der Waals surface area contributed by atoms with Gasteiger partial charge in [-0.3, -0.25) is 0 Å². The predicted octanol–water partition coefficient (Wildman–Crippen LogP) is 0.988. The summed E-state index contributed by atoms with van der Waals surface area (Å²) in [6.45, 7) is 1.87. The number of hydrogen-bond acceptors (Lipinski definition) is 4. The van der Waals surface area contributed by atoms with Crippen LogP contribution in [0.2, 0.25) is 0 Å². The average molecular weight is 236 g/mol. The second kappa shape index (κ2) is 5.14. The Morgan fingerprint density at radius 1 is 1.47 bits per heavy atom. The molecule has 2 N–H and O–H groups in total. The molecule has 1 aromatic heterocycles. The molecule has 2 rings (SSSR count). The second-order valence-electron chi connectivity index (χ2n) is 4.32. The number of aliphatic hydroxyl groups is 1. The summed E-state index contributed by atoms with van der Waals surface area (Å²) in [7, 11) is 0. The van der Waals surface area contributed by atoms with Gasteiger partial charge in [-0.15, -0.1) is 0 Å². The van der Waals surface area contributed by atoms with Crippen molar-refractivity contribution >= 4 is 11.8 Å². The van der Waals surface area contributed by atoms with E-state index in [1.54, 1.807) is 6.07 Å². The Labute approximate surface area is 99.7 Å². The van der Waals surface area contributed by atoms with Gasteiger partial charge in [0.1, 0.15) is 5.82 Å². The van der Waals surface area contributed by atoms with Crippen LogP contribution in [0.5, 0.6) is 0 Å². The van der Waals surface area contributed by atoms with Crippen molar-refractivity contribution in [1.29, 1.82) is 0 Å². The molecule has 0 atom stereocenters. The van der Waals surface area contributed by atoms with Crippen molar-refractivity contribution in [3.63, 3.8) is 0 Å². The molecular weight excluding hydrogens is 220 g/mol. The van der Waals surface area contributed by atoms with E-state index in [2.05, 4.69) is 9.88 Å². The van der Waals surface area contributed by atoms with Crippen LogP contribution in [0, 0.1) is 5.92 Å². The lowest BCUT2D eigenvalue weighted by molar-refractivity contribution is 0.0697. The number of anilines is 1. The standard InChI is InChI=1S/C12H16N2O3/c15-8-9-2-5-14(6-3-9)11-7-10(12(16)17)1-4-13-11/h1,4,7,9,15H,2-3,5-6,8H2,(H,16,17). The Kier molecular flexibility index (Phi) is 3.58. The zero-order chi connectivity index (χ0) is 12.3. The molecule has 0 amide bonds. The van der Waals surface area contributed by atoms with Crippen LogP contribution in [-0.2, 0) is 0 Å². The first kappa shape index (κ1) is 11.9. The minimum atomic E-state index is -0.932. The van der Waals surface area contributed by atoms with Crippen LogP contribution in [0.1, 0.15) is 23.2 Å². The molecule has 1 saturated heterocycles. The molecule has 1 aromatic rings. The van der Waals surface area contributed by atoms with E-state index in [0.717, 1.165) is 25.9 Å². The number of carboxylic acid groups (broad SMARTS) is 1. The van der Waals surface area contributed by atoms with Crippen LogP contribution in [-0.4, -0.2) is 40.9 Å². The maximum absolute atomic E-state index is 10.9. The number of rotatable bonds is 3. The number of pyridine rings is 1.